The van der Waals surface area contributed by atoms with E-state index in [0.717, 1.165) is 18.4 Å². The highest BCUT2D eigenvalue weighted by Crippen LogP contribution is 1.97. The summed E-state index contributed by atoms with van der Waals surface area (Å²) in [6.07, 6.45) is 3.83. The molecule has 0 bridgehead atoms. The number of allylic oxidation sites excluding steroid dienone is 1. The summed E-state index contributed by atoms with van der Waals surface area (Å²) in [4.78, 5) is 11.3. The number of carbonyl (C=O) groups excluding carboxylic acids is 1. The van der Waals surface area contributed by atoms with Crippen molar-refractivity contribution in [1.29, 1.82) is 0 Å². The summed E-state index contributed by atoms with van der Waals surface area (Å²) in [5.74, 6) is -0.0323. The lowest BCUT2D eigenvalue weighted by Crippen LogP contribution is -2.27. The molecule has 0 aliphatic heterocycles. The number of nitrogens with one attached hydrogen (secondary N) is 1. The molecule has 0 aromatic carbocycles. The van der Waals surface area contributed by atoms with Gasteiger partial charge in [0.15, 0.2) is 0 Å². The lowest BCUT2D eigenvalue weighted by atomic mass is 10.2. The molecule has 3 nitrogen and oxygen atoms in total. The third kappa shape index (κ3) is 5.75. The predicted octanol–water partition coefficient (Wildman–Crippen LogP) is 1.62. The molecule has 82 valence electrons. The highest BCUT2D eigenvalue weighted by molar-refractivity contribution is 5.92. The Bertz CT molecular complexity index is 199. The third-order valence-corrected chi connectivity index (χ3v) is 2.10. The van der Waals surface area contributed by atoms with Crippen LogP contribution >= 0.6 is 0 Å². The van der Waals surface area contributed by atoms with Crippen LogP contribution in [0.25, 0.3) is 0 Å². The van der Waals surface area contributed by atoms with Gasteiger partial charge in [-0.3, -0.25) is 4.79 Å². The molecule has 14 heavy (non-hydrogen) atoms. The second kappa shape index (κ2) is 7.56. The topological polar surface area (TPSA) is 49.3 Å². The summed E-state index contributed by atoms with van der Waals surface area (Å²) >= 11 is 0. The van der Waals surface area contributed by atoms with Crippen LogP contribution < -0.4 is 5.32 Å². The second-order valence-electron chi connectivity index (χ2n) is 3.40. The van der Waals surface area contributed by atoms with Gasteiger partial charge in [-0.2, -0.15) is 0 Å². The third-order valence-electron chi connectivity index (χ3n) is 2.10. The molecule has 1 amide bonds. The summed E-state index contributed by atoms with van der Waals surface area (Å²) in [7, 11) is 0. The van der Waals surface area contributed by atoms with E-state index in [0.29, 0.717) is 13.0 Å². The zero-order valence-corrected chi connectivity index (χ0v) is 9.34. The fourth-order valence-electron chi connectivity index (χ4n) is 1.09. The van der Waals surface area contributed by atoms with Crippen molar-refractivity contribution in [1.82, 2.24) is 5.32 Å². The van der Waals surface area contributed by atoms with Crippen molar-refractivity contribution in [3.63, 3.8) is 0 Å². The van der Waals surface area contributed by atoms with Crippen molar-refractivity contribution < 1.29 is 9.90 Å². The smallest absolute Gasteiger partial charge is 0.246 e. The molecular weight excluding hydrogens is 178 g/mol. The largest absolute Gasteiger partial charge is 0.393 e. The lowest BCUT2D eigenvalue weighted by Gasteiger charge is -2.08. The molecule has 0 radical (unpaired) electrons. The van der Waals surface area contributed by atoms with Gasteiger partial charge in [-0.05, 0) is 26.2 Å². The minimum atomic E-state index is -0.300. The number of amides is 1. The molecule has 0 saturated carbocycles. The molecule has 0 heterocycles. The van der Waals surface area contributed by atoms with Crippen LogP contribution in [0.3, 0.4) is 0 Å². The summed E-state index contributed by atoms with van der Waals surface area (Å²) in [6.45, 7) is 6.27. The van der Waals surface area contributed by atoms with Gasteiger partial charge in [-0.1, -0.05) is 19.9 Å². The van der Waals surface area contributed by atoms with Crippen molar-refractivity contribution >= 4 is 5.91 Å². The van der Waals surface area contributed by atoms with Gasteiger partial charge >= 0.3 is 0 Å². The molecule has 0 aliphatic carbocycles. The quantitative estimate of drug-likeness (QED) is 0.639. The zero-order valence-electron chi connectivity index (χ0n) is 9.34. The van der Waals surface area contributed by atoms with Crippen LogP contribution in [0, 0.1) is 0 Å². The van der Waals surface area contributed by atoms with Crippen LogP contribution in [-0.4, -0.2) is 23.7 Å². The van der Waals surface area contributed by atoms with Crippen molar-refractivity contribution in [3.05, 3.63) is 11.6 Å². The molecule has 0 aromatic heterocycles. The van der Waals surface area contributed by atoms with E-state index in [4.69, 9.17) is 0 Å². The fraction of sp³-hybridized carbons (Fsp3) is 0.727. The number of carbonyl (C=O) groups is 1. The first-order valence-electron chi connectivity index (χ1n) is 5.24. The summed E-state index contributed by atoms with van der Waals surface area (Å²) in [6, 6.07) is 0. The number of rotatable bonds is 6. The Hall–Kier alpha value is -0.830. The number of aliphatic hydroxyl groups is 1. The minimum absolute atomic E-state index is 0.0323. The molecule has 0 aromatic rings. The van der Waals surface area contributed by atoms with Crippen LogP contribution in [0.2, 0.25) is 0 Å². The van der Waals surface area contributed by atoms with Gasteiger partial charge in [0, 0.05) is 12.1 Å². The predicted molar refractivity (Wildman–Crippen MR) is 58.0 cm³/mol. The number of hydrogen-bond donors (Lipinski definition) is 2. The second-order valence-corrected chi connectivity index (χ2v) is 3.40. The Morgan fingerprint density at radius 1 is 1.50 bits per heavy atom. The maximum absolute atomic E-state index is 11.3. The van der Waals surface area contributed by atoms with Crippen molar-refractivity contribution in [2.24, 2.45) is 0 Å². The van der Waals surface area contributed by atoms with Crippen LogP contribution in [0.1, 0.15) is 40.0 Å². The maximum Gasteiger partial charge on any atom is 0.246 e. The van der Waals surface area contributed by atoms with E-state index < -0.39 is 0 Å². The average molecular weight is 199 g/mol. The van der Waals surface area contributed by atoms with Crippen LogP contribution in [0.5, 0.6) is 0 Å². The van der Waals surface area contributed by atoms with E-state index in [2.05, 4.69) is 5.32 Å². The zero-order chi connectivity index (χ0) is 11.0. The highest BCUT2D eigenvalue weighted by atomic mass is 16.3. The average Bonchev–Trinajstić information content (AvgIpc) is 2.17. The highest BCUT2D eigenvalue weighted by Gasteiger charge is 2.04. The number of hydrogen-bond acceptors (Lipinski definition) is 2. The van der Waals surface area contributed by atoms with E-state index in [9.17, 15) is 9.90 Å². The molecule has 0 rings (SSSR count). The summed E-state index contributed by atoms with van der Waals surface area (Å²) in [5.41, 5.74) is 0.749. The summed E-state index contributed by atoms with van der Waals surface area (Å²) < 4.78 is 0. The van der Waals surface area contributed by atoms with E-state index in [-0.39, 0.29) is 12.0 Å². The molecule has 0 spiro atoms. The van der Waals surface area contributed by atoms with Gasteiger partial charge in [0.25, 0.3) is 0 Å². The van der Waals surface area contributed by atoms with Crippen LogP contribution in [-0.2, 0) is 4.79 Å². The minimum Gasteiger partial charge on any atom is -0.393 e. The first kappa shape index (κ1) is 13.2. The molecule has 0 fully saturated rings. The molecule has 3 heteroatoms. The van der Waals surface area contributed by atoms with E-state index in [1.807, 2.05) is 19.9 Å². The van der Waals surface area contributed by atoms with E-state index >= 15 is 0 Å². The van der Waals surface area contributed by atoms with Gasteiger partial charge in [-0.25, -0.2) is 0 Å². The van der Waals surface area contributed by atoms with E-state index in [1.54, 1.807) is 6.92 Å². The van der Waals surface area contributed by atoms with Crippen molar-refractivity contribution in [3.8, 4) is 0 Å². The molecular formula is C11H21NO2. The van der Waals surface area contributed by atoms with Crippen LogP contribution in [0.4, 0.5) is 0 Å². The first-order chi connectivity index (χ1) is 6.61. The summed E-state index contributed by atoms with van der Waals surface area (Å²) in [5, 5.41) is 12.0. The monoisotopic (exact) mass is 199 g/mol. The van der Waals surface area contributed by atoms with Crippen molar-refractivity contribution in [2.75, 3.05) is 6.54 Å². The molecule has 1 unspecified atom stereocenters. The molecule has 0 saturated heterocycles. The lowest BCUT2D eigenvalue weighted by molar-refractivity contribution is -0.117. The Kier molecular flexibility index (Phi) is 7.11. The Morgan fingerprint density at radius 3 is 2.64 bits per heavy atom. The first-order valence-corrected chi connectivity index (χ1v) is 5.24. The van der Waals surface area contributed by atoms with Gasteiger partial charge in [-0.15, -0.1) is 0 Å². The standard InChI is InChI=1S/C11H21NO2/c1-4-6-9(3)11(14)12-8-7-10(13)5-2/h6,10,13H,4-5,7-8H2,1-3H3,(H,12,14)/b9-6-. The molecule has 0 aliphatic rings. The Morgan fingerprint density at radius 2 is 2.14 bits per heavy atom. The molecule has 2 N–H and O–H groups in total. The number of aliphatic hydroxyl groups excluding tert-OH is 1. The maximum atomic E-state index is 11.3. The molecule has 1 atom stereocenters. The fourth-order valence-corrected chi connectivity index (χ4v) is 1.09. The SMILES string of the molecule is CC/C=C(/C)C(=O)NCCC(O)CC. The van der Waals surface area contributed by atoms with Crippen molar-refractivity contribution in [2.45, 2.75) is 46.1 Å². The van der Waals surface area contributed by atoms with Gasteiger partial charge in [0.05, 0.1) is 6.10 Å². The van der Waals surface area contributed by atoms with E-state index in [1.165, 1.54) is 0 Å². The van der Waals surface area contributed by atoms with Crippen LogP contribution in [0.15, 0.2) is 11.6 Å². The normalized spacial score (nSPS) is 13.9. The van der Waals surface area contributed by atoms with Gasteiger partial charge < -0.3 is 10.4 Å². The van der Waals surface area contributed by atoms with Gasteiger partial charge in [0.2, 0.25) is 5.91 Å². The Labute approximate surface area is 86.2 Å². The Balaban J connectivity index is 3.69. The van der Waals surface area contributed by atoms with Gasteiger partial charge in [0.1, 0.15) is 0 Å².